The maximum atomic E-state index is 11.9. The largest absolute Gasteiger partial charge is 0.359 e. The topological polar surface area (TPSA) is 48.9 Å². The van der Waals surface area contributed by atoms with Gasteiger partial charge in [0.05, 0.1) is 0 Å². The van der Waals surface area contributed by atoms with Crippen LogP contribution in [0, 0.1) is 0 Å². The first-order valence-electron chi connectivity index (χ1n) is 3.99. The van der Waals surface area contributed by atoms with E-state index in [1.54, 1.807) is 0 Å². The Morgan fingerprint density at radius 1 is 0.842 bits per heavy atom. The summed E-state index contributed by atoms with van der Waals surface area (Å²) in [5.41, 5.74) is -1.64. The van der Waals surface area contributed by atoms with Crippen molar-refractivity contribution in [3.63, 3.8) is 0 Å². The van der Waals surface area contributed by atoms with Gasteiger partial charge in [0.25, 0.3) is 6.25 Å². The molecule has 14 heteroatoms. The molecule has 1 aromatic rings. The van der Waals surface area contributed by atoms with E-state index in [1.807, 2.05) is 0 Å². The van der Waals surface area contributed by atoms with Gasteiger partial charge in [-0.25, -0.2) is 14.2 Å². The van der Waals surface area contributed by atoms with E-state index < -0.39 is 23.6 Å². The number of alkyl halides is 7. The lowest BCUT2D eigenvalue weighted by atomic mass is 11.0. The lowest BCUT2D eigenvalue weighted by Crippen LogP contribution is -2.26. The van der Waals surface area contributed by atoms with Crippen LogP contribution in [-0.2, 0) is 6.00 Å². The van der Waals surface area contributed by atoms with Gasteiger partial charge < -0.3 is 0 Å². The monoisotopic (exact) mass is 445 g/mol. The van der Waals surface area contributed by atoms with Gasteiger partial charge in [0.1, 0.15) is 6.00 Å². The molecule has 0 saturated carbocycles. The molecule has 0 atom stereocenters. The highest BCUT2D eigenvalue weighted by Crippen LogP contribution is 2.42. The molecule has 1 rings (SSSR count). The van der Waals surface area contributed by atoms with E-state index in [2.05, 4.69) is 0 Å². The van der Waals surface area contributed by atoms with Crippen molar-refractivity contribution < 1.29 is 0 Å². The maximum absolute atomic E-state index is 11.9. The highest BCUT2D eigenvalue weighted by molar-refractivity contribution is 8.05. The van der Waals surface area contributed by atoms with Crippen LogP contribution in [0.2, 0.25) is 0 Å². The smallest absolute Gasteiger partial charge is 0.245 e. The van der Waals surface area contributed by atoms with E-state index >= 15 is 0 Å². The predicted molar refractivity (Wildman–Crippen MR) is 85.4 cm³/mol. The number of hydrogen-bond acceptors (Lipinski definition) is 4. The first-order chi connectivity index (χ1) is 8.46. The van der Waals surface area contributed by atoms with Crippen molar-refractivity contribution in [3.05, 3.63) is 21.0 Å². The minimum atomic E-state index is -1.90. The van der Waals surface area contributed by atoms with Gasteiger partial charge in [-0.3, -0.25) is 0 Å². The van der Waals surface area contributed by atoms with Crippen molar-refractivity contribution in [2.45, 2.75) is 12.3 Å². The average Bonchev–Trinajstić information content (AvgIpc) is 2.38. The molecule has 0 radical (unpaired) electrons. The summed E-state index contributed by atoms with van der Waals surface area (Å²) in [7, 11) is 0. The summed E-state index contributed by atoms with van der Waals surface area (Å²) in [6.07, 6.45) is 0. The lowest BCUT2D eigenvalue weighted by Gasteiger charge is -2.14. The molecule has 0 aliphatic carbocycles. The normalized spacial score (nSPS) is 13.0. The van der Waals surface area contributed by atoms with Gasteiger partial charge in [-0.2, -0.15) is 8.17 Å². The van der Waals surface area contributed by atoms with Crippen molar-refractivity contribution in [3.8, 4) is 0 Å². The second-order valence-corrected chi connectivity index (χ2v) is 11.2. The maximum Gasteiger partial charge on any atom is 0.359 e. The van der Waals surface area contributed by atoms with Crippen LogP contribution >= 0.6 is 105 Å². The Morgan fingerprint density at radius 3 is 1.37 bits per heavy atom. The molecule has 0 unspecified atom stereocenters. The summed E-state index contributed by atoms with van der Waals surface area (Å²) < 4.78 is -1.64. The molecule has 110 valence electrons. The van der Waals surface area contributed by atoms with Crippen molar-refractivity contribution in [2.24, 2.45) is 0 Å². The summed E-state index contributed by atoms with van der Waals surface area (Å²) in [5.74, 6) is 0. The molecule has 0 aliphatic heterocycles. The van der Waals surface area contributed by atoms with E-state index in [1.165, 1.54) is 0 Å². The summed E-state index contributed by atoms with van der Waals surface area (Å²) >= 11 is 39.7. The third-order valence-electron chi connectivity index (χ3n) is 1.45. The third kappa shape index (κ3) is 5.30. The number of aromatic nitrogens is 3. The number of halogens is 7. The van der Waals surface area contributed by atoms with Gasteiger partial charge in [-0.05, 0) is 0 Å². The molecule has 0 saturated heterocycles. The minimum absolute atomic E-state index is 0.397. The lowest BCUT2D eigenvalue weighted by molar-refractivity contribution is 0.795. The Bertz CT molecular complexity index is 520. The van der Waals surface area contributed by atoms with Gasteiger partial charge in [0, 0.05) is 23.9 Å². The molecule has 0 bridgehead atoms. The molecular weight excluding hydrogens is 446 g/mol. The summed E-state index contributed by atoms with van der Waals surface area (Å²) in [5, 5.41) is 0. The minimum Gasteiger partial charge on any atom is -0.245 e. The molecule has 0 amide bonds. The zero-order valence-electron chi connectivity index (χ0n) is 8.33. The molecule has 0 fully saturated rings. The second-order valence-electron chi connectivity index (χ2n) is 2.73. The zero-order chi connectivity index (χ0) is 15.0. The summed E-state index contributed by atoms with van der Waals surface area (Å²) in [6.45, 7) is 0. The van der Waals surface area contributed by atoms with Gasteiger partial charge in [-0.15, -0.1) is 11.6 Å². The Morgan fingerprint density at radius 2 is 1.16 bits per heavy atom. The Hall–Kier alpha value is 1.47. The Balaban J connectivity index is 3.42. The molecule has 0 N–H and O–H groups in total. The average molecular weight is 448 g/mol. The standard InChI is InChI=1S/C5H2Cl7N3O2S2/c6-1-13-2(16)14(18-4(7,8)9)15(3(13)17)19-5(10,11)12/h1H2. The molecule has 1 heterocycles. The summed E-state index contributed by atoms with van der Waals surface area (Å²) in [6, 6.07) is -0.397. The van der Waals surface area contributed by atoms with E-state index in [0.29, 0.717) is 28.5 Å². The van der Waals surface area contributed by atoms with Crippen LogP contribution in [0.15, 0.2) is 9.59 Å². The van der Waals surface area contributed by atoms with E-state index in [9.17, 15) is 9.59 Å². The van der Waals surface area contributed by atoms with Gasteiger partial charge in [-0.1, -0.05) is 69.6 Å². The molecule has 0 aliphatic rings. The molecular formula is C5H2Cl7N3O2S2. The first kappa shape index (κ1) is 18.5. The highest BCUT2D eigenvalue weighted by Gasteiger charge is 2.31. The highest BCUT2D eigenvalue weighted by atomic mass is 35.6. The number of hydrogen-bond donors (Lipinski definition) is 0. The third-order valence-corrected chi connectivity index (χ3v) is 4.44. The van der Waals surface area contributed by atoms with Crippen LogP contribution in [0.3, 0.4) is 0 Å². The zero-order valence-corrected chi connectivity index (χ0v) is 15.3. The first-order valence-corrected chi connectivity index (χ1v) is 8.34. The number of nitrogens with zero attached hydrogens (tertiary/aromatic N) is 3. The second kappa shape index (κ2) is 6.71. The van der Waals surface area contributed by atoms with E-state index in [4.69, 9.17) is 81.2 Å². The SMILES string of the molecule is O=c1n(CCl)c(=O)n(SC(Cl)(Cl)Cl)n1SC(Cl)(Cl)Cl. The summed E-state index contributed by atoms with van der Waals surface area (Å²) in [4.78, 5) is 23.8. The number of rotatable bonds is 3. The molecule has 1 aromatic heterocycles. The van der Waals surface area contributed by atoms with Crippen molar-refractivity contribution in [2.75, 3.05) is 0 Å². The van der Waals surface area contributed by atoms with Crippen LogP contribution in [0.1, 0.15) is 0 Å². The van der Waals surface area contributed by atoms with E-state index in [0.717, 1.165) is 8.17 Å². The van der Waals surface area contributed by atoms with Gasteiger partial charge >= 0.3 is 11.4 Å². The van der Waals surface area contributed by atoms with Crippen LogP contribution in [0.4, 0.5) is 0 Å². The van der Waals surface area contributed by atoms with Crippen LogP contribution in [-0.4, -0.2) is 19.0 Å². The quantitative estimate of drug-likeness (QED) is 0.663. The van der Waals surface area contributed by atoms with Crippen LogP contribution in [0.5, 0.6) is 0 Å². The fourth-order valence-electron chi connectivity index (χ4n) is 0.894. The van der Waals surface area contributed by atoms with Crippen molar-refractivity contribution in [1.29, 1.82) is 0 Å². The van der Waals surface area contributed by atoms with Gasteiger partial charge in [0.2, 0.25) is 0 Å². The van der Waals surface area contributed by atoms with Gasteiger partial charge in [0.15, 0.2) is 0 Å². The Kier molecular flexibility index (Phi) is 6.54. The van der Waals surface area contributed by atoms with Crippen LogP contribution in [0.25, 0.3) is 0 Å². The molecule has 0 spiro atoms. The van der Waals surface area contributed by atoms with E-state index in [-0.39, 0.29) is 0 Å². The molecule has 0 aromatic carbocycles. The fraction of sp³-hybridized carbons (Fsp3) is 0.600. The van der Waals surface area contributed by atoms with Crippen molar-refractivity contribution >= 4 is 105 Å². The fourth-order valence-corrected chi connectivity index (χ4v) is 3.51. The molecule has 5 nitrogen and oxygen atoms in total. The predicted octanol–water partition coefficient (Wildman–Crippen LogP) is 3.66. The molecule has 19 heavy (non-hydrogen) atoms. The van der Waals surface area contributed by atoms with Crippen LogP contribution < -0.4 is 11.4 Å². The Labute approximate surface area is 150 Å². The van der Waals surface area contributed by atoms with Crippen molar-refractivity contribution in [1.82, 2.24) is 12.7 Å².